The monoisotopic (exact) mass is 1750 g/mol. The Labute approximate surface area is 725 Å². The van der Waals surface area contributed by atoms with Gasteiger partial charge in [-0.15, -0.1) is 20.4 Å². The Bertz CT molecular complexity index is 3600. The number of nitrogens with two attached hydrogens (primary N) is 3. The van der Waals surface area contributed by atoms with Crippen molar-refractivity contribution in [1.29, 1.82) is 0 Å². The summed E-state index contributed by atoms with van der Waals surface area (Å²) in [5.74, 6) is -6.43. The lowest BCUT2D eigenvalue weighted by molar-refractivity contribution is -0.143. The Morgan fingerprint density at radius 1 is 0.452 bits per heavy atom. The number of carbonyl (C=O) groups excluding carboxylic acids is 12. The van der Waals surface area contributed by atoms with Crippen LogP contribution in [0, 0.1) is 24.7 Å². The van der Waals surface area contributed by atoms with Crippen LogP contribution in [-0.2, 0) is 123 Å². The summed E-state index contributed by atoms with van der Waals surface area (Å²) >= 11 is 0. The molecule has 13 N–H and O–H groups in total. The van der Waals surface area contributed by atoms with Crippen molar-refractivity contribution in [1.82, 2.24) is 47.0 Å². The number of ketones is 7. The number of aliphatic carboxylic acids is 1. The predicted octanol–water partition coefficient (Wildman–Crippen LogP) is 2.82. The molecule has 1 aromatic heterocycles. The number of alkyl carbamates (subject to hydrolysis) is 1. The molecule has 39 nitrogen and oxygen atoms in total. The maximum atomic E-state index is 14.0. The average Bonchev–Trinajstić information content (AvgIpc) is 0.523. The summed E-state index contributed by atoms with van der Waals surface area (Å²) in [6.07, 6.45) is 4.77. The second-order valence-electron chi connectivity index (χ2n) is 29.8. The van der Waals surface area contributed by atoms with Crippen LogP contribution in [-0.4, -0.2) is 296 Å². The third-order valence-corrected chi connectivity index (χ3v) is 18.5. The van der Waals surface area contributed by atoms with Crippen LogP contribution in [0.25, 0.3) is 11.4 Å². The molecule has 0 unspecified atom stereocenters. The van der Waals surface area contributed by atoms with Crippen molar-refractivity contribution in [2.45, 2.75) is 187 Å². The average molecular weight is 1750 g/mol. The van der Waals surface area contributed by atoms with Gasteiger partial charge in [0.2, 0.25) is 29.5 Å². The Morgan fingerprint density at radius 2 is 0.903 bits per heavy atom. The highest BCUT2D eigenvalue weighted by molar-refractivity contribution is 5.96. The van der Waals surface area contributed by atoms with Gasteiger partial charge in [0.05, 0.1) is 104 Å². The van der Waals surface area contributed by atoms with E-state index in [1.807, 2.05) is 19.9 Å². The first-order valence-corrected chi connectivity index (χ1v) is 42.6. The van der Waals surface area contributed by atoms with Crippen LogP contribution in [0.1, 0.15) is 166 Å². The van der Waals surface area contributed by atoms with Crippen LogP contribution in [0.3, 0.4) is 0 Å². The number of benzene rings is 2. The normalized spacial score (nSPS) is 12.4. The number of unbranched alkanes of at least 4 members (excludes halogenated alkanes) is 2. The number of aryl methyl sites for hydroxylation is 1. The van der Waals surface area contributed by atoms with E-state index in [-0.39, 0.29) is 249 Å². The van der Waals surface area contributed by atoms with Crippen molar-refractivity contribution >= 4 is 82.1 Å². The summed E-state index contributed by atoms with van der Waals surface area (Å²) in [5, 5.41) is 48.9. The number of ether oxygens (including phenoxy) is 11. The number of carboxylic acid groups (broad SMARTS) is 1. The summed E-state index contributed by atoms with van der Waals surface area (Å²) in [5.41, 5.74) is 18.9. The van der Waals surface area contributed by atoms with E-state index in [2.05, 4.69) is 52.0 Å². The molecule has 3 aromatic rings. The molecule has 3 rings (SSSR count). The van der Waals surface area contributed by atoms with Gasteiger partial charge in [0.15, 0.2) is 52.3 Å². The first-order chi connectivity index (χ1) is 59.8. The van der Waals surface area contributed by atoms with Crippen molar-refractivity contribution in [3.05, 3.63) is 71.5 Å². The molecular weight excluding hydrogens is 1620 g/mol. The minimum Gasteiger partial charge on any atom is -0.480 e. The molecule has 5 atom stereocenters. The quantitative estimate of drug-likeness (QED) is 0.0221. The molecule has 0 aliphatic carbocycles. The van der Waals surface area contributed by atoms with Gasteiger partial charge in [-0.05, 0) is 120 Å². The molecule has 1 heterocycles. The lowest BCUT2D eigenvalue weighted by atomic mass is 9.88. The van der Waals surface area contributed by atoms with Gasteiger partial charge >= 0.3 is 12.1 Å². The van der Waals surface area contributed by atoms with Crippen LogP contribution in [0.4, 0.5) is 4.79 Å². The maximum Gasteiger partial charge on any atom is 0.408 e. The van der Waals surface area contributed by atoms with Gasteiger partial charge in [0.25, 0.3) is 0 Å². The predicted molar refractivity (Wildman–Crippen MR) is 451 cm³/mol. The van der Waals surface area contributed by atoms with Gasteiger partial charge in [0.1, 0.15) is 45.7 Å². The molecular formula is C85H133N13O26. The fraction of sp³-hybridized carbons (Fsp3) is 0.671. The number of aliphatic hydroxyl groups excluding tert-OH is 1. The molecule has 694 valence electrons. The van der Waals surface area contributed by atoms with E-state index in [0.29, 0.717) is 114 Å². The summed E-state index contributed by atoms with van der Waals surface area (Å²) in [4.78, 5) is 170. The zero-order chi connectivity index (χ0) is 90.6. The minimum atomic E-state index is -1.30. The molecule has 2 aromatic carbocycles. The van der Waals surface area contributed by atoms with E-state index in [9.17, 15) is 72.5 Å². The highest BCUT2D eigenvalue weighted by Crippen LogP contribution is 2.21. The Balaban J connectivity index is 1.09. The van der Waals surface area contributed by atoms with E-state index in [1.54, 1.807) is 55.5 Å². The summed E-state index contributed by atoms with van der Waals surface area (Å²) in [6.45, 7) is 7.90. The van der Waals surface area contributed by atoms with Gasteiger partial charge in [-0.1, -0.05) is 68.4 Å². The lowest BCUT2D eigenvalue weighted by Crippen LogP contribution is -2.48. The second kappa shape index (κ2) is 69.7. The standard InChI is InChI=1S/C85H133N13O26/c1-61(2)49-66(51-76(105)73(24-7-9-31-86)93-82(110)67(54-99)52-77(106)74(26-11-33-90-84(87)88)94-85(113)124-55-64-17-5-4-6-18-64)81(109)91-53-68(100)19-12-34-114-39-44-119-56-69(101)20-13-35-115-40-45-120-57-70(102)21-14-36-116-41-46-121-58-71(103)22-15-37-117-42-47-122-59-72(104)23-16-38-118-43-48-123-60-79(108)92-75(83(111)112)25-8-10-32-89-78(107)50-63-27-29-65(30-28-63)80-97-95-62(3)96-98-80/h4-6,17-18,27-30,61,66-67,73-75,99H,7-16,19-26,31-60,86H2,1-3H3,(H,89,107)(H,91,109)(H,92,108)(H,93,110)(H,94,113)(H,111,112)(H4,87,88,90)/t66-,67+,73+,74+,75+/m1/s1. The molecule has 0 bridgehead atoms. The molecule has 0 saturated carbocycles. The number of amides is 5. The molecule has 124 heavy (non-hydrogen) atoms. The highest BCUT2D eigenvalue weighted by Gasteiger charge is 2.33. The van der Waals surface area contributed by atoms with Crippen molar-refractivity contribution in [3.63, 3.8) is 0 Å². The van der Waals surface area contributed by atoms with Crippen molar-refractivity contribution in [2.24, 2.45) is 39.9 Å². The molecule has 0 aliphatic heterocycles. The van der Waals surface area contributed by atoms with Crippen LogP contribution in [0.5, 0.6) is 0 Å². The first kappa shape index (κ1) is 109. The minimum absolute atomic E-state index is 0.0236. The van der Waals surface area contributed by atoms with Crippen molar-refractivity contribution < 1.29 is 125 Å². The van der Waals surface area contributed by atoms with Crippen LogP contribution in [0.15, 0.2) is 59.6 Å². The third-order valence-electron chi connectivity index (χ3n) is 18.5. The number of hydrogen-bond acceptors (Lipinski definition) is 31. The number of aromatic nitrogens is 4. The van der Waals surface area contributed by atoms with E-state index in [4.69, 9.17) is 69.3 Å². The number of nitrogens with zero attached hydrogens (tertiary/aromatic N) is 5. The smallest absolute Gasteiger partial charge is 0.408 e. The number of carboxylic acids is 1. The molecule has 5 amide bonds. The molecule has 0 fully saturated rings. The Hall–Kier alpha value is -9.52. The Morgan fingerprint density at radius 3 is 1.38 bits per heavy atom. The third kappa shape index (κ3) is 56.4. The number of carbonyl (C=O) groups is 13. The topological polar surface area (TPSA) is 566 Å². The van der Waals surface area contributed by atoms with E-state index in [0.717, 1.165) is 11.1 Å². The summed E-state index contributed by atoms with van der Waals surface area (Å²) in [7, 11) is 0. The van der Waals surface area contributed by atoms with Crippen molar-refractivity contribution in [3.8, 4) is 11.4 Å². The number of nitrogens with one attached hydrogen (secondary N) is 5. The molecule has 0 saturated heterocycles. The van der Waals surface area contributed by atoms with Crippen LogP contribution >= 0.6 is 0 Å². The van der Waals surface area contributed by atoms with Gasteiger partial charge in [-0.25, -0.2) is 9.59 Å². The highest BCUT2D eigenvalue weighted by atomic mass is 16.6. The van der Waals surface area contributed by atoms with E-state index >= 15 is 0 Å². The zero-order valence-electron chi connectivity index (χ0n) is 72.3. The SMILES string of the molecule is Cc1nnc(-c2ccc(CC(=O)NCCCC[C@H](NC(=O)COCCOCCCC(=O)COCCOCCCC(=O)COCCOCCCC(=O)COCCOCCCC(=O)COCCOCCCC(=O)CNC(=O)[C@@H](CC(=O)[C@H](CCCCN)NC(=O)[C@H](CO)CC(=O)[C@H](CCCN=C(N)N)NC(=O)OCc3ccccc3)CC(C)C)C(=O)O)cc2)nn1. The van der Waals surface area contributed by atoms with Crippen LogP contribution < -0.4 is 43.8 Å². The number of Topliss-reactive ketones (excluding diaryl/α,β-unsaturated/α-hetero) is 7. The fourth-order valence-corrected chi connectivity index (χ4v) is 11.9. The van der Waals surface area contributed by atoms with Gasteiger partial charge in [-0.2, -0.15) is 0 Å². The second-order valence-corrected chi connectivity index (χ2v) is 29.8. The molecule has 0 aliphatic rings. The summed E-state index contributed by atoms with van der Waals surface area (Å²) < 4.78 is 59.9. The summed E-state index contributed by atoms with van der Waals surface area (Å²) in [6, 6.07) is 12.7. The van der Waals surface area contributed by atoms with Crippen LogP contribution in [0.2, 0.25) is 0 Å². The number of rotatable bonds is 80. The van der Waals surface area contributed by atoms with E-state index < -0.39 is 84.3 Å². The molecule has 0 radical (unpaired) electrons. The van der Waals surface area contributed by atoms with E-state index in [1.165, 1.54) is 0 Å². The van der Waals surface area contributed by atoms with Gasteiger partial charge in [-0.3, -0.25) is 57.7 Å². The first-order valence-electron chi connectivity index (χ1n) is 42.6. The lowest BCUT2D eigenvalue weighted by Gasteiger charge is -2.25. The zero-order valence-corrected chi connectivity index (χ0v) is 72.3. The van der Waals surface area contributed by atoms with Gasteiger partial charge < -0.3 is 106 Å². The number of guanidine groups is 1. The number of hydrogen-bond donors (Lipinski definition) is 10. The largest absolute Gasteiger partial charge is 0.480 e. The van der Waals surface area contributed by atoms with Gasteiger partial charge in [0, 0.05) is 103 Å². The number of aliphatic hydroxyl groups is 1. The molecule has 39 heteroatoms. The molecule has 0 spiro atoms. The maximum absolute atomic E-state index is 14.0. The fourth-order valence-electron chi connectivity index (χ4n) is 11.9. The number of aliphatic imine (C=N–C) groups is 1. The van der Waals surface area contributed by atoms with Crippen molar-refractivity contribution in [2.75, 3.05) is 165 Å². The Kier molecular flexibility index (Phi) is 61.1.